The smallest absolute Gasteiger partial charge is 0.294 e. The second kappa shape index (κ2) is 8.00. The normalized spacial score (nSPS) is 11.4. The summed E-state index contributed by atoms with van der Waals surface area (Å²) in [6.07, 6.45) is 0. The van der Waals surface area contributed by atoms with Crippen molar-refractivity contribution in [3.63, 3.8) is 0 Å². The Hall–Kier alpha value is -4.26. The first-order valence-electron chi connectivity index (χ1n) is 9.16. The van der Waals surface area contributed by atoms with Gasteiger partial charge in [-0.05, 0) is 35.7 Å². The Bertz CT molecular complexity index is 1390. The third-order valence-electron chi connectivity index (χ3n) is 4.66. The van der Waals surface area contributed by atoms with Crippen molar-refractivity contribution in [3.05, 3.63) is 111 Å². The number of hydrogen-bond acceptors (Lipinski definition) is 5. The number of rotatable bonds is 4. The molecule has 0 radical (unpaired) electrons. The van der Waals surface area contributed by atoms with Crippen molar-refractivity contribution in [2.24, 2.45) is 4.99 Å². The van der Waals surface area contributed by atoms with Gasteiger partial charge in [0.2, 0.25) is 0 Å². The van der Waals surface area contributed by atoms with E-state index < -0.39 is 4.92 Å². The van der Waals surface area contributed by atoms with Crippen LogP contribution in [0.25, 0.3) is 16.5 Å². The number of methoxy groups -OCH3 is 1. The molecule has 148 valence electrons. The predicted molar refractivity (Wildman–Crippen MR) is 114 cm³/mol. The molecule has 4 aromatic rings. The van der Waals surface area contributed by atoms with Gasteiger partial charge in [-0.3, -0.25) is 19.5 Å². The van der Waals surface area contributed by atoms with E-state index in [-0.39, 0.29) is 22.4 Å². The van der Waals surface area contributed by atoms with Gasteiger partial charge in [0.25, 0.3) is 11.2 Å². The van der Waals surface area contributed by atoms with Crippen molar-refractivity contribution in [1.29, 1.82) is 0 Å². The van der Waals surface area contributed by atoms with E-state index in [9.17, 15) is 14.9 Å². The number of ether oxygens (including phenoxy) is 1. The summed E-state index contributed by atoms with van der Waals surface area (Å²) < 4.78 is 6.73. The largest absolute Gasteiger partial charge is 0.497 e. The summed E-state index contributed by atoms with van der Waals surface area (Å²) in [6.45, 7) is 0. The fourth-order valence-corrected chi connectivity index (χ4v) is 3.22. The number of nitro groups is 1. The molecule has 0 atom stereocenters. The molecule has 0 unspecified atom stereocenters. The summed E-state index contributed by atoms with van der Waals surface area (Å²) in [5.41, 5.74) is 0.532. The predicted octanol–water partition coefficient (Wildman–Crippen LogP) is 4.14. The van der Waals surface area contributed by atoms with Crippen LogP contribution in [0.4, 0.5) is 11.4 Å². The number of hydrogen-bond donors (Lipinski definition) is 0. The molecule has 0 aliphatic carbocycles. The van der Waals surface area contributed by atoms with E-state index >= 15 is 0 Å². The van der Waals surface area contributed by atoms with Gasteiger partial charge in [-0.2, -0.15) is 0 Å². The molecule has 0 bridgehead atoms. The lowest BCUT2D eigenvalue weighted by Gasteiger charge is -2.07. The van der Waals surface area contributed by atoms with Gasteiger partial charge in [0, 0.05) is 17.5 Å². The lowest BCUT2D eigenvalue weighted by molar-refractivity contribution is -0.384. The minimum absolute atomic E-state index is 0.141. The second-order valence-corrected chi connectivity index (χ2v) is 6.48. The molecule has 1 heterocycles. The fourth-order valence-electron chi connectivity index (χ4n) is 3.22. The standard InChI is InChI=1S/C23H17N3O4/c1-30-18-9-6-8-17(15-18)25-22(24-20-11-4-5-12-21(20)26(28)29)14-13-16-7-2-3-10-19(16)23(25)27/h2-15H,1H3. The van der Waals surface area contributed by atoms with Crippen molar-refractivity contribution in [2.75, 3.05) is 7.11 Å². The summed E-state index contributed by atoms with van der Waals surface area (Å²) in [5.74, 6) is 0.576. The lowest BCUT2D eigenvalue weighted by atomic mass is 10.2. The topological polar surface area (TPSA) is 86.7 Å². The SMILES string of the molecule is COc1cccc(-n2c(=Nc3ccccc3[N+](=O)[O-])ccc3ccccc3c2=O)c1. The summed E-state index contributed by atoms with van der Waals surface area (Å²) >= 11 is 0. The van der Waals surface area contributed by atoms with E-state index in [4.69, 9.17) is 4.74 Å². The molecule has 30 heavy (non-hydrogen) atoms. The van der Waals surface area contributed by atoms with Gasteiger partial charge in [-0.15, -0.1) is 0 Å². The Balaban J connectivity index is 2.15. The molecule has 0 fully saturated rings. The van der Waals surface area contributed by atoms with Gasteiger partial charge in [0.05, 0.1) is 17.7 Å². The van der Waals surface area contributed by atoms with Gasteiger partial charge in [-0.25, -0.2) is 4.99 Å². The zero-order chi connectivity index (χ0) is 21.1. The molecule has 0 spiro atoms. The molecule has 1 aromatic heterocycles. The van der Waals surface area contributed by atoms with Crippen molar-refractivity contribution in [3.8, 4) is 11.4 Å². The van der Waals surface area contributed by atoms with Gasteiger partial charge in [0.15, 0.2) is 0 Å². The van der Waals surface area contributed by atoms with Crippen LogP contribution in [-0.4, -0.2) is 16.6 Å². The van der Waals surface area contributed by atoms with Crippen LogP contribution in [0.1, 0.15) is 0 Å². The quantitative estimate of drug-likeness (QED) is 0.381. The molecule has 3 aromatic carbocycles. The highest BCUT2D eigenvalue weighted by Gasteiger charge is 2.13. The molecule has 4 rings (SSSR count). The Labute approximate surface area is 171 Å². The maximum Gasteiger partial charge on any atom is 0.294 e. The molecule has 0 amide bonds. The van der Waals surface area contributed by atoms with E-state index in [1.807, 2.05) is 12.1 Å². The molecular formula is C23H17N3O4. The molecule has 0 saturated carbocycles. The number of benzene rings is 3. The summed E-state index contributed by atoms with van der Waals surface area (Å²) in [4.78, 5) is 28.9. The molecule has 7 nitrogen and oxygen atoms in total. The number of nitrogens with zero attached hydrogens (tertiary/aromatic N) is 3. The van der Waals surface area contributed by atoms with Crippen LogP contribution in [-0.2, 0) is 0 Å². The number of fused-ring (bicyclic) bond motifs is 1. The maximum atomic E-state index is 13.5. The summed E-state index contributed by atoms with van der Waals surface area (Å²) in [5, 5.41) is 12.7. The molecule has 0 aliphatic rings. The Morgan fingerprint density at radius 1 is 0.933 bits per heavy atom. The monoisotopic (exact) mass is 399 g/mol. The van der Waals surface area contributed by atoms with E-state index in [1.54, 1.807) is 73.8 Å². The van der Waals surface area contributed by atoms with Gasteiger partial charge < -0.3 is 4.74 Å². The molecule has 0 N–H and O–H groups in total. The Morgan fingerprint density at radius 2 is 1.70 bits per heavy atom. The first kappa shape index (κ1) is 19.1. The van der Waals surface area contributed by atoms with Crippen LogP contribution >= 0.6 is 0 Å². The molecule has 0 saturated heterocycles. The average molecular weight is 399 g/mol. The van der Waals surface area contributed by atoms with E-state index in [1.165, 1.54) is 10.6 Å². The summed E-state index contributed by atoms with van der Waals surface area (Å²) in [6, 6.07) is 23.9. The van der Waals surface area contributed by atoms with Gasteiger partial charge in [0.1, 0.15) is 16.9 Å². The highest BCUT2D eigenvalue weighted by Crippen LogP contribution is 2.25. The van der Waals surface area contributed by atoms with Crippen LogP contribution in [0, 0.1) is 10.1 Å². The first-order chi connectivity index (χ1) is 14.6. The van der Waals surface area contributed by atoms with Crippen molar-refractivity contribution in [2.45, 2.75) is 0 Å². The summed E-state index contributed by atoms with van der Waals surface area (Å²) in [7, 11) is 1.54. The Kier molecular flexibility index (Phi) is 5.09. The average Bonchev–Trinajstić information content (AvgIpc) is 2.91. The van der Waals surface area contributed by atoms with Crippen LogP contribution in [0.2, 0.25) is 0 Å². The third kappa shape index (κ3) is 3.56. The highest BCUT2D eigenvalue weighted by molar-refractivity contribution is 5.81. The van der Waals surface area contributed by atoms with Crippen LogP contribution in [0.15, 0.2) is 94.7 Å². The maximum absolute atomic E-state index is 13.5. The second-order valence-electron chi connectivity index (χ2n) is 6.48. The van der Waals surface area contributed by atoms with Crippen molar-refractivity contribution >= 4 is 22.1 Å². The van der Waals surface area contributed by atoms with Crippen LogP contribution in [0.3, 0.4) is 0 Å². The van der Waals surface area contributed by atoms with Crippen molar-refractivity contribution < 1.29 is 9.66 Å². The number of aromatic nitrogens is 1. The van der Waals surface area contributed by atoms with E-state index in [0.717, 1.165) is 5.39 Å². The van der Waals surface area contributed by atoms with Crippen molar-refractivity contribution in [1.82, 2.24) is 4.57 Å². The van der Waals surface area contributed by atoms with Gasteiger partial charge >= 0.3 is 0 Å². The lowest BCUT2D eigenvalue weighted by Crippen LogP contribution is -2.28. The zero-order valence-electron chi connectivity index (χ0n) is 16.1. The molecular weight excluding hydrogens is 382 g/mol. The minimum atomic E-state index is -0.494. The van der Waals surface area contributed by atoms with Crippen LogP contribution in [0.5, 0.6) is 5.75 Å². The molecule has 0 aliphatic heterocycles. The Morgan fingerprint density at radius 3 is 2.50 bits per heavy atom. The molecule has 7 heteroatoms. The van der Waals surface area contributed by atoms with Crippen LogP contribution < -0.4 is 15.8 Å². The number of para-hydroxylation sites is 2. The third-order valence-corrected chi connectivity index (χ3v) is 4.66. The first-order valence-corrected chi connectivity index (χ1v) is 9.16. The van der Waals surface area contributed by atoms with E-state index in [0.29, 0.717) is 16.8 Å². The zero-order valence-corrected chi connectivity index (χ0v) is 16.1. The fraction of sp³-hybridized carbons (Fsp3) is 0.0435. The van der Waals surface area contributed by atoms with Gasteiger partial charge in [-0.1, -0.05) is 42.5 Å². The number of nitro benzene ring substituents is 1. The minimum Gasteiger partial charge on any atom is -0.497 e. The van der Waals surface area contributed by atoms with E-state index in [2.05, 4.69) is 4.99 Å². The highest BCUT2D eigenvalue weighted by atomic mass is 16.6.